The molecule has 6 saturated heterocycles. The molecule has 6 aliphatic heterocycles. The number of methoxy groups -OCH3 is 2. The van der Waals surface area contributed by atoms with Gasteiger partial charge in [0, 0.05) is 80.7 Å². The van der Waals surface area contributed by atoms with Crippen LogP contribution in [-0.4, -0.2) is 155 Å². The van der Waals surface area contributed by atoms with E-state index in [1.165, 1.54) is 19.2 Å². The molecule has 69 heavy (non-hydrogen) atoms. The molecule has 3 N–H and O–H groups in total. The van der Waals surface area contributed by atoms with E-state index >= 15 is 4.79 Å². The third-order valence-electron chi connectivity index (χ3n) is 15.9. The molecule has 13 rings (SSSR count). The molecule has 0 saturated carbocycles. The smallest absolute Gasteiger partial charge is 0.410 e. The minimum atomic E-state index is -2.25. The zero-order valence-corrected chi connectivity index (χ0v) is 38.4. The van der Waals surface area contributed by atoms with Gasteiger partial charge in [-0.1, -0.05) is 60.7 Å². The quantitative estimate of drug-likeness (QED) is 0.188. The summed E-state index contributed by atoms with van der Waals surface area (Å²) in [6.45, 7) is 3.28. The monoisotopic (exact) mass is 943 g/mol. The molecular formula is C52H53N3O14. The highest BCUT2D eigenvalue weighted by molar-refractivity contribution is 6.31. The molecule has 1 unspecified atom stereocenters. The number of hydrogen-bond acceptors (Lipinski definition) is 15. The lowest BCUT2D eigenvalue weighted by molar-refractivity contribution is -0.256. The molecule has 2 bridgehead atoms. The van der Waals surface area contributed by atoms with Crippen LogP contribution in [0.1, 0.15) is 98.7 Å². The molecule has 4 aromatic carbocycles. The highest BCUT2D eigenvalue weighted by Crippen LogP contribution is 2.54. The molecule has 9 aliphatic rings. The number of phenolic OH excluding ortho intramolecular Hbond substituents is 2. The molecule has 0 spiro atoms. The predicted octanol–water partition coefficient (Wildman–Crippen LogP) is 4.77. The van der Waals surface area contributed by atoms with Gasteiger partial charge in [-0.15, -0.1) is 0 Å². The summed E-state index contributed by atoms with van der Waals surface area (Å²) in [6.07, 6.45) is -4.20. The molecule has 6 fully saturated rings. The van der Waals surface area contributed by atoms with Gasteiger partial charge in [0.1, 0.15) is 35.6 Å². The second-order valence-electron chi connectivity index (χ2n) is 19.5. The molecule has 0 radical (unpaired) electrons. The molecule has 17 nitrogen and oxygen atoms in total. The third-order valence-corrected chi connectivity index (χ3v) is 15.9. The first kappa shape index (κ1) is 44.3. The van der Waals surface area contributed by atoms with Crippen molar-refractivity contribution in [1.29, 1.82) is 0 Å². The first-order valence-corrected chi connectivity index (χ1v) is 23.8. The minimum Gasteiger partial charge on any atom is -0.507 e. The molecule has 17 heteroatoms. The third kappa shape index (κ3) is 6.76. The van der Waals surface area contributed by atoms with Gasteiger partial charge in [0.15, 0.2) is 24.6 Å². The summed E-state index contributed by atoms with van der Waals surface area (Å²) in [7, 11) is 2.92. The highest BCUT2D eigenvalue weighted by atomic mass is 16.7. The number of aromatic hydroxyl groups is 2. The minimum absolute atomic E-state index is 0.0307. The number of nitrogens with zero attached hydrogens (tertiary/aromatic N) is 3. The summed E-state index contributed by atoms with van der Waals surface area (Å²) in [5.41, 5.74) is 1.10. The summed E-state index contributed by atoms with van der Waals surface area (Å²) < 4.78 is 42.5. The van der Waals surface area contributed by atoms with Crippen LogP contribution in [0.3, 0.4) is 0 Å². The molecule has 360 valence electrons. The number of amides is 2. The Labute approximate surface area is 397 Å². The molecule has 0 aromatic heterocycles. The topological polar surface area (TPSA) is 203 Å². The molecule has 4 aromatic rings. The Balaban J connectivity index is 0.839. The van der Waals surface area contributed by atoms with Crippen molar-refractivity contribution < 1.29 is 67.7 Å². The van der Waals surface area contributed by atoms with Crippen LogP contribution < -0.4 is 4.74 Å². The van der Waals surface area contributed by atoms with E-state index in [1.54, 1.807) is 23.0 Å². The second kappa shape index (κ2) is 16.6. The van der Waals surface area contributed by atoms with E-state index in [0.717, 1.165) is 22.3 Å². The van der Waals surface area contributed by atoms with Gasteiger partial charge in [-0.05, 0) is 48.1 Å². The van der Waals surface area contributed by atoms with E-state index in [-0.39, 0.29) is 72.2 Å². The van der Waals surface area contributed by atoms with E-state index in [0.29, 0.717) is 26.0 Å². The molecule has 3 aliphatic carbocycles. The number of hydrogen-bond donors (Lipinski definition) is 3. The fourth-order valence-electron chi connectivity index (χ4n) is 12.7. The van der Waals surface area contributed by atoms with Crippen LogP contribution >= 0.6 is 0 Å². The number of morpholine rings is 1. The Kier molecular flexibility index (Phi) is 10.7. The average Bonchev–Trinajstić information content (AvgIpc) is 3.91. The van der Waals surface area contributed by atoms with Crippen LogP contribution in [0.15, 0.2) is 66.7 Å². The number of rotatable bonds is 7. The summed E-state index contributed by atoms with van der Waals surface area (Å²) in [5.74, 6) is -3.39. The van der Waals surface area contributed by atoms with E-state index in [4.69, 9.17) is 33.2 Å². The van der Waals surface area contributed by atoms with Gasteiger partial charge in [0.05, 0.1) is 48.7 Å². The van der Waals surface area contributed by atoms with Gasteiger partial charge in [0.2, 0.25) is 5.78 Å². The van der Waals surface area contributed by atoms with E-state index < -0.39 is 108 Å². The molecule has 2 amide bonds. The van der Waals surface area contributed by atoms with Crippen molar-refractivity contribution in [2.45, 2.75) is 106 Å². The lowest BCUT2D eigenvalue weighted by Crippen LogP contribution is -2.68. The van der Waals surface area contributed by atoms with Gasteiger partial charge >= 0.3 is 6.09 Å². The Hall–Kier alpha value is -5.92. The van der Waals surface area contributed by atoms with Gasteiger partial charge in [0.25, 0.3) is 5.91 Å². The zero-order chi connectivity index (χ0) is 47.6. The summed E-state index contributed by atoms with van der Waals surface area (Å²) in [4.78, 5) is 63.1. The van der Waals surface area contributed by atoms with Gasteiger partial charge in [-0.3, -0.25) is 19.3 Å². The maximum atomic E-state index is 15.1. The van der Waals surface area contributed by atoms with Gasteiger partial charge < -0.3 is 58.3 Å². The standard InChI is InChI=1S/C52H53N3O14/c1-25-47-35(53-17-18-65-49(64-3)48(53)69-47)19-38(67-25)68-37-21-52(62,20-33-40(37)46(59)42-41(44(33)57)43(56)32-13-8-14-36(63-2)39(32)45(42)58)50(60)54-22-27-16-15-26(54)23-55(27)51(61)66-24-34-30-11-6-4-9-28(30)29-10-5-7-12-31(29)34/h4-14,25-27,34-35,37-38,47-49,57,59,62H,15-24H2,1-3H3/t25-,26?,27-,35-,37-,38-,47+,48+,49-,52-/m0/s1. The van der Waals surface area contributed by atoms with Crippen LogP contribution in [0.5, 0.6) is 17.2 Å². The SMILES string of the molecule is COc1cccc2c1C(=O)c1c(O)c3c(c(O)c1C2=O)C[C@@](O)(C(=O)N1C[C@@H]2CCC1CN2C(=O)OCC1c2ccccc2-c2ccccc21)C[C@@H]3O[C@H]1C[C@H]2[C@H](O[C@@H]3[C@@H](OC)OCCN32)[C@H](C)O1. The van der Waals surface area contributed by atoms with Crippen LogP contribution in [0, 0.1) is 0 Å². The number of ether oxygens (including phenoxy) is 7. The van der Waals surface area contributed by atoms with Crippen molar-refractivity contribution in [3.63, 3.8) is 0 Å². The first-order valence-electron chi connectivity index (χ1n) is 23.8. The largest absolute Gasteiger partial charge is 0.507 e. The molecular weight excluding hydrogens is 891 g/mol. The van der Waals surface area contributed by atoms with Crippen LogP contribution in [0.4, 0.5) is 4.79 Å². The normalized spacial score (nSPS) is 31.0. The Morgan fingerprint density at radius 1 is 0.826 bits per heavy atom. The molecule has 10 atom stereocenters. The summed E-state index contributed by atoms with van der Waals surface area (Å²) >= 11 is 0. The zero-order valence-electron chi connectivity index (χ0n) is 38.4. The highest BCUT2D eigenvalue weighted by Gasteiger charge is 2.57. The predicted molar refractivity (Wildman–Crippen MR) is 242 cm³/mol. The number of carbonyl (C=O) groups excluding carboxylic acids is 4. The Morgan fingerprint density at radius 2 is 1.51 bits per heavy atom. The van der Waals surface area contributed by atoms with Crippen molar-refractivity contribution in [2.24, 2.45) is 0 Å². The number of phenols is 2. The lowest BCUT2D eigenvalue weighted by Gasteiger charge is -2.53. The summed E-state index contributed by atoms with van der Waals surface area (Å²) in [5, 5.41) is 37.4. The number of carbonyl (C=O) groups is 4. The van der Waals surface area contributed by atoms with Gasteiger partial charge in [-0.25, -0.2) is 4.79 Å². The van der Waals surface area contributed by atoms with Crippen molar-refractivity contribution in [3.05, 3.63) is 111 Å². The van der Waals surface area contributed by atoms with E-state index in [9.17, 15) is 29.7 Å². The average molecular weight is 944 g/mol. The maximum Gasteiger partial charge on any atom is 0.410 e. The molecule has 6 heterocycles. The van der Waals surface area contributed by atoms with Gasteiger partial charge in [-0.2, -0.15) is 0 Å². The first-order chi connectivity index (χ1) is 33.4. The lowest BCUT2D eigenvalue weighted by atomic mass is 9.72. The van der Waals surface area contributed by atoms with Crippen molar-refractivity contribution >= 4 is 23.6 Å². The number of ketones is 2. The number of benzene rings is 4. The fourth-order valence-corrected chi connectivity index (χ4v) is 12.7. The fraction of sp³-hybridized carbons (Fsp3) is 0.462. The number of fused-ring (bicyclic) bond motifs is 12. The van der Waals surface area contributed by atoms with Crippen molar-refractivity contribution in [3.8, 4) is 28.4 Å². The second-order valence-corrected chi connectivity index (χ2v) is 19.5. The van der Waals surface area contributed by atoms with Crippen LogP contribution in [0.25, 0.3) is 11.1 Å². The number of aliphatic hydroxyl groups is 1. The van der Waals surface area contributed by atoms with Crippen molar-refractivity contribution in [1.82, 2.24) is 14.7 Å². The Morgan fingerprint density at radius 3 is 2.20 bits per heavy atom. The van der Waals surface area contributed by atoms with E-state index in [1.807, 2.05) is 31.2 Å². The van der Waals surface area contributed by atoms with E-state index in [2.05, 4.69) is 29.2 Å². The van der Waals surface area contributed by atoms with Crippen LogP contribution in [-0.2, 0) is 39.6 Å². The van der Waals surface area contributed by atoms with Crippen molar-refractivity contribution in [2.75, 3.05) is 47.1 Å². The number of piperidine rings is 2. The Bertz CT molecular complexity index is 2770. The number of piperazine rings is 1. The summed E-state index contributed by atoms with van der Waals surface area (Å²) in [6, 6.07) is 19.7. The maximum absolute atomic E-state index is 15.1. The van der Waals surface area contributed by atoms with Crippen LogP contribution in [0.2, 0.25) is 0 Å².